The van der Waals surface area contributed by atoms with Gasteiger partial charge in [0.1, 0.15) is 6.54 Å². The number of hydrogen-bond donors (Lipinski definition) is 3. The van der Waals surface area contributed by atoms with Crippen molar-refractivity contribution < 1.29 is 19.5 Å². The third kappa shape index (κ3) is 5.57. The van der Waals surface area contributed by atoms with Gasteiger partial charge in [-0.15, -0.1) is 0 Å². The van der Waals surface area contributed by atoms with Gasteiger partial charge in [0.25, 0.3) is 11.8 Å². The molecule has 9 heteroatoms. The summed E-state index contributed by atoms with van der Waals surface area (Å²) >= 11 is 0. The second-order valence-electron chi connectivity index (χ2n) is 7.81. The Balaban J connectivity index is 1.44. The molecule has 0 unspecified atom stereocenters. The molecular formula is C25H25N5O4. The molecule has 4 rings (SSSR count). The number of hydrogen-bond acceptors (Lipinski definition) is 6. The Bertz CT molecular complexity index is 1140. The molecule has 9 nitrogen and oxygen atoms in total. The van der Waals surface area contributed by atoms with Gasteiger partial charge in [-0.3, -0.25) is 24.3 Å². The van der Waals surface area contributed by atoms with Crippen LogP contribution in [-0.2, 0) is 4.79 Å². The van der Waals surface area contributed by atoms with Crippen molar-refractivity contribution in [3.63, 3.8) is 0 Å². The van der Waals surface area contributed by atoms with Gasteiger partial charge < -0.3 is 20.6 Å². The lowest BCUT2D eigenvalue weighted by Crippen LogP contribution is -2.43. The van der Waals surface area contributed by atoms with Crippen molar-refractivity contribution in [2.45, 2.75) is 0 Å². The first-order chi connectivity index (χ1) is 16.5. The maximum atomic E-state index is 12.8. The smallest absolute Gasteiger partial charge is 0.323 e. The third-order valence-electron chi connectivity index (χ3n) is 5.51. The minimum atomic E-state index is -1.14. The van der Waals surface area contributed by atoms with E-state index < -0.39 is 18.4 Å². The second-order valence-corrected chi connectivity index (χ2v) is 7.81. The number of aliphatic carboxylic acids is 1. The van der Waals surface area contributed by atoms with Crippen LogP contribution in [-0.4, -0.2) is 60.6 Å². The molecular weight excluding hydrogens is 434 g/mol. The van der Waals surface area contributed by atoms with E-state index >= 15 is 0 Å². The van der Waals surface area contributed by atoms with Crippen LogP contribution in [0.2, 0.25) is 0 Å². The minimum absolute atomic E-state index is 0.255. The quantitative estimate of drug-likeness (QED) is 0.497. The van der Waals surface area contributed by atoms with Crippen LogP contribution in [0.4, 0.5) is 17.1 Å². The predicted octanol–water partition coefficient (Wildman–Crippen LogP) is 2.47. The average molecular weight is 460 g/mol. The Kier molecular flexibility index (Phi) is 7.14. The van der Waals surface area contributed by atoms with Gasteiger partial charge in [-0.1, -0.05) is 0 Å². The normalized spacial score (nSPS) is 13.2. The maximum absolute atomic E-state index is 12.8. The van der Waals surface area contributed by atoms with Crippen LogP contribution in [0, 0.1) is 0 Å². The number of carboxylic acid groups (broad SMARTS) is 1. The number of piperazine rings is 1. The van der Waals surface area contributed by atoms with Gasteiger partial charge in [0.2, 0.25) is 0 Å². The molecule has 0 bridgehead atoms. The predicted molar refractivity (Wildman–Crippen MR) is 129 cm³/mol. The van der Waals surface area contributed by atoms with Crippen LogP contribution in [0.5, 0.6) is 0 Å². The van der Waals surface area contributed by atoms with Crippen molar-refractivity contribution in [1.29, 1.82) is 0 Å². The highest BCUT2D eigenvalue weighted by Crippen LogP contribution is 2.21. The molecule has 34 heavy (non-hydrogen) atoms. The van der Waals surface area contributed by atoms with E-state index in [1.54, 1.807) is 36.4 Å². The van der Waals surface area contributed by atoms with Gasteiger partial charge in [-0.2, -0.15) is 0 Å². The van der Waals surface area contributed by atoms with Crippen molar-refractivity contribution in [1.82, 2.24) is 10.3 Å². The van der Waals surface area contributed by atoms with Crippen LogP contribution >= 0.6 is 0 Å². The molecule has 1 fully saturated rings. The maximum Gasteiger partial charge on any atom is 0.323 e. The van der Waals surface area contributed by atoms with Gasteiger partial charge >= 0.3 is 5.97 Å². The fourth-order valence-electron chi connectivity index (χ4n) is 3.74. The zero-order valence-electron chi connectivity index (χ0n) is 18.5. The lowest BCUT2D eigenvalue weighted by molar-refractivity contribution is -0.135. The fourth-order valence-corrected chi connectivity index (χ4v) is 3.74. The number of pyridine rings is 1. The number of carboxylic acids is 1. The largest absolute Gasteiger partial charge is 0.480 e. The second kappa shape index (κ2) is 10.6. The van der Waals surface area contributed by atoms with E-state index in [2.05, 4.69) is 20.5 Å². The number of nitrogens with zero attached hydrogens (tertiary/aromatic N) is 3. The van der Waals surface area contributed by atoms with E-state index in [-0.39, 0.29) is 5.91 Å². The molecule has 3 N–H and O–H groups in total. The Labute approximate surface area is 197 Å². The summed E-state index contributed by atoms with van der Waals surface area (Å²) in [7, 11) is 0. The molecule has 174 valence electrons. The van der Waals surface area contributed by atoms with E-state index in [1.165, 1.54) is 24.5 Å². The number of carbonyl (C=O) groups is 3. The summed E-state index contributed by atoms with van der Waals surface area (Å²) in [6.07, 6.45) is 2.95. The monoisotopic (exact) mass is 459 g/mol. The Morgan fingerprint density at radius 2 is 1.56 bits per heavy atom. The molecule has 0 spiro atoms. The number of benzene rings is 2. The molecule has 1 aliphatic rings. The summed E-state index contributed by atoms with van der Waals surface area (Å²) in [5.74, 6) is -1.84. The SMILES string of the molecule is O=C(O)CN(C(=O)c1ccncc1)c1ccc(NC(=O)c2ccc(N3CCNCC3)cc2)cc1. The summed E-state index contributed by atoms with van der Waals surface area (Å²) in [4.78, 5) is 44.2. The number of nitrogens with one attached hydrogen (secondary N) is 2. The van der Waals surface area contributed by atoms with E-state index in [0.29, 0.717) is 22.5 Å². The molecule has 0 aliphatic carbocycles. The summed E-state index contributed by atoms with van der Waals surface area (Å²) in [6.45, 7) is 3.25. The summed E-state index contributed by atoms with van der Waals surface area (Å²) in [6, 6.07) is 17.0. The van der Waals surface area contributed by atoms with E-state index in [4.69, 9.17) is 0 Å². The Morgan fingerprint density at radius 1 is 0.912 bits per heavy atom. The topological polar surface area (TPSA) is 115 Å². The van der Waals surface area contributed by atoms with Crippen LogP contribution < -0.4 is 20.4 Å². The lowest BCUT2D eigenvalue weighted by Gasteiger charge is -2.29. The molecule has 1 saturated heterocycles. The number of carbonyl (C=O) groups excluding carboxylic acids is 2. The van der Waals surface area contributed by atoms with Gasteiger partial charge in [0.05, 0.1) is 0 Å². The molecule has 3 aromatic rings. The van der Waals surface area contributed by atoms with Crippen LogP contribution in [0.3, 0.4) is 0 Å². The minimum Gasteiger partial charge on any atom is -0.480 e. The van der Waals surface area contributed by atoms with Crippen molar-refractivity contribution in [2.24, 2.45) is 0 Å². The molecule has 0 radical (unpaired) electrons. The van der Waals surface area contributed by atoms with Crippen molar-refractivity contribution in [3.8, 4) is 0 Å². The summed E-state index contributed by atoms with van der Waals surface area (Å²) in [5, 5.41) is 15.4. The van der Waals surface area contributed by atoms with Gasteiger partial charge in [-0.25, -0.2) is 0 Å². The number of amides is 2. The van der Waals surface area contributed by atoms with Crippen LogP contribution in [0.15, 0.2) is 73.1 Å². The Hall–Kier alpha value is -4.24. The number of rotatable bonds is 7. The molecule has 2 heterocycles. The molecule has 1 aliphatic heterocycles. The first-order valence-electron chi connectivity index (χ1n) is 10.9. The summed E-state index contributed by atoms with van der Waals surface area (Å²) in [5.41, 5.74) is 2.88. The highest BCUT2D eigenvalue weighted by Gasteiger charge is 2.20. The number of aromatic nitrogens is 1. The first kappa shape index (κ1) is 22.9. The highest BCUT2D eigenvalue weighted by atomic mass is 16.4. The average Bonchev–Trinajstić information content (AvgIpc) is 2.88. The van der Waals surface area contributed by atoms with E-state index in [9.17, 15) is 19.5 Å². The van der Waals surface area contributed by atoms with Gasteiger partial charge in [-0.05, 0) is 60.7 Å². The number of anilines is 3. The van der Waals surface area contributed by atoms with Gasteiger partial charge in [0, 0.05) is 66.8 Å². The summed E-state index contributed by atoms with van der Waals surface area (Å²) < 4.78 is 0. The zero-order chi connectivity index (χ0) is 23.9. The van der Waals surface area contributed by atoms with Crippen molar-refractivity contribution in [2.75, 3.05) is 47.8 Å². The lowest BCUT2D eigenvalue weighted by atomic mass is 10.1. The molecule has 1 aromatic heterocycles. The van der Waals surface area contributed by atoms with Crippen molar-refractivity contribution in [3.05, 3.63) is 84.2 Å². The van der Waals surface area contributed by atoms with E-state index in [1.807, 2.05) is 12.1 Å². The molecule has 2 aromatic carbocycles. The third-order valence-corrected chi connectivity index (χ3v) is 5.51. The Morgan fingerprint density at radius 3 is 2.18 bits per heavy atom. The van der Waals surface area contributed by atoms with Crippen molar-refractivity contribution >= 4 is 34.8 Å². The van der Waals surface area contributed by atoms with E-state index in [0.717, 1.165) is 36.8 Å². The highest BCUT2D eigenvalue weighted by molar-refractivity contribution is 6.08. The van der Waals surface area contributed by atoms with Crippen LogP contribution in [0.25, 0.3) is 0 Å². The molecule has 0 saturated carbocycles. The molecule has 0 atom stereocenters. The van der Waals surface area contributed by atoms with Crippen LogP contribution in [0.1, 0.15) is 20.7 Å². The standard InChI is InChI=1S/C25H25N5O4/c31-23(32)17-30(25(34)19-9-11-26-12-10-19)22-7-3-20(4-8-22)28-24(33)18-1-5-21(6-2-18)29-15-13-27-14-16-29/h1-12,27H,13-17H2,(H,28,33)(H,31,32). The van der Waals surface area contributed by atoms with Gasteiger partial charge in [0.15, 0.2) is 0 Å². The molecule has 2 amide bonds. The zero-order valence-corrected chi connectivity index (χ0v) is 18.5. The fraction of sp³-hybridized carbons (Fsp3) is 0.200. The first-order valence-corrected chi connectivity index (χ1v) is 10.9.